The van der Waals surface area contributed by atoms with E-state index >= 15 is 0 Å². The van der Waals surface area contributed by atoms with E-state index in [1.165, 1.54) is 6.07 Å². The van der Waals surface area contributed by atoms with Gasteiger partial charge in [-0.2, -0.15) is 0 Å². The van der Waals surface area contributed by atoms with Gasteiger partial charge in [-0.1, -0.05) is 35.0 Å². The molecule has 126 valence electrons. The van der Waals surface area contributed by atoms with Crippen molar-refractivity contribution in [1.29, 1.82) is 0 Å². The molecule has 1 atom stereocenters. The van der Waals surface area contributed by atoms with Crippen LogP contribution in [0.3, 0.4) is 0 Å². The first-order chi connectivity index (χ1) is 11.5. The summed E-state index contributed by atoms with van der Waals surface area (Å²) < 4.78 is 6.50. The highest BCUT2D eigenvalue weighted by Gasteiger charge is 2.33. The van der Waals surface area contributed by atoms with Crippen LogP contribution in [0.15, 0.2) is 39.2 Å². The number of likely N-dealkylation sites (tertiary alicyclic amines) is 1. The van der Waals surface area contributed by atoms with Crippen molar-refractivity contribution in [2.45, 2.75) is 32.2 Å². The van der Waals surface area contributed by atoms with Gasteiger partial charge in [0, 0.05) is 23.5 Å². The highest BCUT2D eigenvalue weighted by Crippen LogP contribution is 2.34. The molecule has 1 aliphatic rings. The third-order valence-corrected chi connectivity index (χ3v) is 4.81. The van der Waals surface area contributed by atoms with E-state index in [1.54, 1.807) is 11.8 Å². The zero-order valence-corrected chi connectivity index (χ0v) is 14.9. The van der Waals surface area contributed by atoms with E-state index in [-0.39, 0.29) is 23.3 Å². The number of carbonyl (C=O) groups is 2. The number of rotatable bonds is 4. The molecule has 2 heterocycles. The van der Waals surface area contributed by atoms with Crippen molar-refractivity contribution in [1.82, 2.24) is 4.90 Å². The normalized spacial score (nSPS) is 17.2. The Morgan fingerprint density at radius 1 is 1.38 bits per heavy atom. The zero-order valence-electron chi connectivity index (χ0n) is 13.3. The molecule has 0 radical (unpaired) electrons. The molecule has 1 aromatic heterocycles. The number of benzene rings is 1. The molecule has 0 spiro atoms. The van der Waals surface area contributed by atoms with Gasteiger partial charge in [-0.3, -0.25) is 4.79 Å². The van der Waals surface area contributed by atoms with Crippen molar-refractivity contribution in [2.24, 2.45) is 0 Å². The Hall–Kier alpha value is -2.08. The van der Waals surface area contributed by atoms with Crippen LogP contribution in [0.5, 0.6) is 0 Å². The molecule has 3 rings (SSSR count). The number of nitrogens with zero attached hydrogens (tertiary/aromatic N) is 1. The molecule has 1 unspecified atom stereocenters. The molecule has 24 heavy (non-hydrogen) atoms. The van der Waals surface area contributed by atoms with E-state index < -0.39 is 5.97 Å². The van der Waals surface area contributed by atoms with Gasteiger partial charge in [-0.05, 0) is 30.5 Å². The van der Waals surface area contributed by atoms with Crippen LogP contribution < -0.4 is 0 Å². The average Bonchev–Trinajstić information content (AvgIpc) is 3.21. The molecule has 1 aromatic carbocycles. The monoisotopic (exact) mass is 391 g/mol. The Morgan fingerprint density at radius 2 is 2.17 bits per heavy atom. The highest BCUT2D eigenvalue weighted by atomic mass is 79.9. The van der Waals surface area contributed by atoms with Crippen molar-refractivity contribution in [3.05, 3.63) is 57.5 Å². The Balaban J connectivity index is 1.90. The molecule has 0 bridgehead atoms. The van der Waals surface area contributed by atoms with Crippen molar-refractivity contribution in [3.63, 3.8) is 0 Å². The van der Waals surface area contributed by atoms with Crippen LogP contribution in [0, 0.1) is 0 Å². The fourth-order valence-electron chi connectivity index (χ4n) is 3.19. The summed E-state index contributed by atoms with van der Waals surface area (Å²) in [6.45, 7) is 2.44. The minimum atomic E-state index is -1.07. The van der Waals surface area contributed by atoms with Gasteiger partial charge in [0.15, 0.2) is 5.76 Å². The lowest BCUT2D eigenvalue weighted by Gasteiger charge is -2.24. The molecule has 1 aliphatic heterocycles. The summed E-state index contributed by atoms with van der Waals surface area (Å²) in [5.41, 5.74) is 1.13. The minimum absolute atomic E-state index is 0.0153. The summed E-state index contributed by atoms with van der Waals surface area (Å²) >= 11 is 3.46. The molecule has 6 heteroatoms. The quantitative estimate of drug-likeness (QED) is 0.843. The van der Waals surface area contributed by atoms with Gasteiger partial charge in [0.25, 0.3) is 5.91 Å². The summed E-state index contributed by atoms with van der Waals surface area (Å²) in [5, 5.41) is 9.23. The topological polar surface area (TPSA) is 70.8 Å². The molecule has 2 aromatic rings. The molecule has 1 N–H and O–H groups in total. The Labute approximate surface area is 148 Å². The maximum Gasteiger partial charge on any atom is 0.339 e. The Bertz CT molecular complexity index is 783. The van der Waals surface area contributed by atoms with Crippen LogP contribution in [-0.4, -0.2) is 28.4 Å². The second-order valence-corrected chi connectivity index (χ2v) is 6.73. The number of aryl methyl sites for hydroxylation is 1. The second kappa shape index (κ2) is 6.81. The summed E-state index contributed by atoms with van der Waals surface area (Å²) in [6, 6.07) is 9.25. The SMILES string of the molecule is CCc1oc(C(=O)N2CCCC2c2cccc(Br)c2)cc1C(=O)O. The summed E-state index contributed by atoms with van der Waals surface area (Å²) in [5.74, 6) is -0.880. The smallest absolute Gasteiger partial charge is 0.339 e. The van der Waals surface area contributed by atoms with Gasteiger partial charge < -0.3 is 14.4 Å². The van der Waals surface area contributed by atoms with Crippen LogP contribution in [0.4, 0.5) is 0 Å². The molecular formula is C18H18BrNO4. The molecule has 0 saturated carbocycles. The first-order valence-electron chi connectivity index (χ1n) is 7.93. The van der Waals surface area contributed by atoms with E-state index in [4.69, 9.17) is 4.42 Å². The van der Waals surface area contributed by atoms with Crippen molar-refractivity contribution >= 4 is 27.8 Å². The highest BCUT2D eigenvalue weighted by molar-refractivity contribution is 9.10. The minimum Gasteiger partial charge on any atom is -0.478 e. The van der Waals surface area contributed by atoms with Gasteiger partial charge in [0.05, 0.1) is 6.04 Å². The maximum absolute atomic E-state index is 12.8. The van der Waals surface area contributed by atoms with Crippen molar-refractivity contribution < 1.29 is 19.1 Å². The summed E-state index contributed by atoms with van der Waals surface area (Å²) in [6.07, 6.45) is 2.23. The number of carbonyl (C=O) groups excluding carboxylic acids is 1. The molecule has 1 amide bonds. The van der Waals surface area contributed by atoms with Crippen LogP contribution in [-0.2, 0) is 6.42 Å². The average molecular weight is 392 g/mol. The van der Waals surface area contributed by atoms with Gasteiger partial charge in [-0.15, -0.1) is 0 Å². The van der Waals surface area contributed by atoms with E-state index in [0.717, 1.165) is 22.9 Å². The molecule has 0 aliphatic carbocycles. The van der Waals surface area contributed by atoms with E-state index in [0.29, 0.717) is 18.7 Å². The Kier molecular flexibility index (Phi) is 4.76. The fourth-order valence-corrected chi connectivity index (χ4v) is 3.61. The predicted octanol–water partition coefficient (Wildman–Crippen LogP) is 4.28. The van der Waals surface area contributed by atoms with Crippen molar-refractivity contribution in [3.8, 4) is 0 Å². The first kappa shape index (κ1) is 16.8. The fraction of sp³-hybridized carbons (Fsp3) is 0.333. The number of halogens is 1. The number of hydrogen-bond acceptors (Lipinski definition) is 3. The number of hydrogen-bond donors (Lipinski definition) is 1. The standard InChI is InChI=1S/C18H18BrNO4/c1-2-15-13(18(22)23)10-16(24-15)17(21)20-8-4-7-14(20)11-5-3-6-12(19)9-11/h3,5-6,9-10,14H,2,4,7-8H2,1H3,(H,22,23). The van der Waals surface area contributed by atoms with Crippen molar-refractivity contribution in [2.75, 3.05) is 6.54 Å². The lowest BCUT2D eigenvalue weighted by Crippen LogP contribution is -2.30. The lowest BCUT2D eigenvalue weighted by molar-refractivity contribution is 0.0687. The molecule has 1 saturated heterocycles. The van der Waals surface area contributed by atoms with Gasteiger partial charge in [0.2, 0.25) is 0 Å². The summed E-state index contributed by atoms with van der Waals surface area (Å²) in [7, 11) is 0. The third kappa shape index (κ3) is 3.11. The van der Waals surface area contributed by atoms with E-state index in [2.05, 4.69) is 15.9 Å². The summed E-state index contributed by atoms with van der Waals surface area (Å²) in [4.78, 5) is 25.9. The van der Waals surface area contributed by atoms with Gasteiger partial charge in [0.1, 0.15) is 11.3 Å². The number of carboxylic acid groups (broad SMARTS) is 1. The lowest BCUT2D eigenvalue weighted by atomic mass is 10.0. The second-order valence-electron chi connectivity index (χ2n) is 5.82. The van der Waals surface area contributed by atoms with Crippen LogP contribution >= 0.6 is 15.9 Å². The molecular weight excluding hydrogens is 374 g/mol. The van der Waals surface area contributed by atoms with Crippen LogP contribution in [0.1, 0.15) is 58.0 Å². The van der Waals surface area contributed by atoms with Crippen LogP contribution in [0.2, 0.25) is 0 Å². The maximum atomic E-state index is 12.8. The molecule has 5 nitrogen and oxygen atoms in total. The molecule has 1 fully saturated rings. The third-order valence-electron chi connectivity index (χ3n) is 4.32. The van der Waals surface area contributed by atoms with Crippen LogP contribution in [0.25, 0.3) is 0 Å². The number of furan rings is 1. The largest absolute Gasteiger partial charge is 0.478 e. The number of amides is 1. The van der Waals surface area contributed by atoms with E-state index in [9.17, 15) is 14.7 Å². The van der Waals surface area contributed by atoms with Gasteiger partial charge >= 0.3 is 5.97 Å². The zero-order chi connectivity index (χ0) is 17.3. The number of aromatic carboxylic acids is 1. The first-order valence-corrected chi connectivity index (χ1v) is 8.73. The van der Waals surface area contributed by atoms with E-state index in [1.807, 2.05) is 24.3 Å². The Morgan fingerprint density at radius 3 is 2.79 bits per heavy atom. The number of carboxylic acids is 1. The van der Waals surface area contributed by atoms with Gasteiger partial charge in [-0.25, -0.2) is 4.79 Å². The predicted molar refractivity (Wildman–Crippen MR) is 92.2 cm³/mol.